The van der Waals surface area contributed by atoms with Gasteiger partial charge in [-0.25, -0.2) is 8.78 Å². The van der Waals surface area contributed by atoms with Gasteiger partial charge in [0.05, 0.1) is 6.54 Å². The van der Waals surface area contributed by atoms with E-state index in [9.17, 15) is 8.78 Å². The van der Waals surface area contributed by atoms with Gasteiger partial charge in [0, 0.05) is 11.5 Å². The predicted molar refractivity (Wildman–Crippen MR) is 88.0 cm³/mol. The van der Waals surface area contributed by atoms with E-state index in [1.54, 1.807) is 11.1 Å². The molecule has 4 heteroatoms. The number of hydrogen-bond donors (Lipinski definition) is 1. The summed E-state index contributed by atoms with van der Waals surface area (Å²) in [4.78, 5) is 1.90. The normalized spacial score (nSPS) is 31.0. The van der Waals surface area contributed by atoms with Crippen molar-refractivity contribution in [2.75, 3.05) is 26.2 Å². The molecule has 1 saturated heterocycles. The van der Waals surface area contributed by atoms with Gasteiger partial charge in [0.15, 0.2) is 0 Å². The summed E-state index contributed by atoms with van der Waals surface area (Å²) in [7, 11) is 0. The van der Waals surface area contributed by atoms with Crippen LogP contribution in [0.5, 0.6) is 0 Å². The summed E-state index contributed by atoms with van der Waals surface area (Å²) < 4.78 is 24.8. The molecule has 23 heavy (non-hydrogen) atoms. The maximum absolute atomic E-state index is 12.4. The zero-order chi connectivity index (χ0) is 15.9. The van der Waals surface area contributed by atoms with Crippen molar-refractivity contribution in [1.82, 2.24) is 10.2 Å². The van der Waals surface area contributed by atoms with Crippen LogP contribution in [-0.4, -0.2) is 43.5 Å². The Labute approximate surface area is 137 Å². The number of hydrogen-bond acceptors (Lipinski definition) is 2. The Kier molecular flexibility index (Phi) is 4.14. The van der Waals surface area contributed by atoms with E-state index >= 15 is 0 Å². The molecule has 0 radical (unpaired) electrons. The van der Waals surface area contributed by atoms with Crippen molar-refractivity contribution in [2.24, 2.45) is 5.92 Å². The van der Waals surface area contributed by atoms with Crippen LogP contribution in [0.4, 0.5) is 8.78 Å². The third-order valence-electron chi connectivity index (χ3n) is 6.26. The Hall–Kier alpha value is -1.00. The fourth-order valence-corrected chi connectivity index (χ4v) is 4.82. The molecule has 1 aliphatic heterocycles. The molecular formula is C19H26F2N2. The van der Waals surface area contributed by atoms with Crippen LogP contribution in [0.1, 0.15) is 36.8 Å². The minimum absolute atomic E-state index is 0.0603. The molecule has 1 saturated carbocycles. The molecule has 1 aromatic carbocycles. The van der Waals surface area contributed by atoms with Crippen molar-refractivity contribution in [3.05, 3.63) is 35.4 Å². The summed E-state index contributed by atoms with van der Waals surface area (Å²) in [6.07, 6.45) is 3.67. The average Bonchev–Trinajstić information content (AvgIpc) is 3.13. The standard InChI is InChI=1S/C19H26F2N2/c20-18(21)13-23-9-6-16(7-10-23)22-12-15-11-19(15)8-5-14-3-1-2-4-17(14)19/h1-4,15-16,18,22H,5-13H2/t15-,19-/m1/s1. The second-order valence-electron chi connectivity index (χ2n) is 7.59. The fourth-order valence-electron chi connectivity index (χ4n) is 4.82. The Morgan fingerprint density at radius 2 is 2.00 bits per heavy atom. The Bertz CT molecular complexity index is 554. The Balaban J connectivity index is 1.25. The van der Waals surface area contributed by atoms with Crippen LogP contribution in [0.15, 0.2) is 24.3 Å². The third kappa shape index (κ3) is 3.03. The second-order valence-corrected chi connectivity index (χ2v) is 7.59. The molecule has 2 fully saturated rings. The molecule has 0 unspecified atom stereocenters. The number of alkyl halides is 2. The molecule has 0 aromatic heterocycles. The molecule has 1 aromatic rings. The molecular weight excluding hydrogens is 294 g/mol. The van der Waals surface area contributed by atoms with E-state index < -0.39 is 6.43 Å². The van der Waals surface area contributed by atoms with Crippen LogP contribution in [0, 0.1) is 5.92 Å². The number of nitrogens with zero attached hydrogens (tertiary/aromatic N) is 1. The fraction of sp³-hybridized carbons (Fsp3) is 0.684. The molecule has 3 aliphatic rings. The largest absolute Gasteiger partial charge is 0.314 e. The van der Waals surface area contributed by atoms with Crippen molar-refractivity contribution >= 4 is 0 Å². The van der Waals surface area contributed by atoms with Crippen molar-refractivity contribution < 1.29 is 8.78 Å². The first-order valence-electron chi connectivity index (χ1n) is 9.00. The maximum atomic E-state index is 12.4. The molecule has 2 nitrogen and oxygen atoms in total. The topological polar surface area (TPSA) is 15.3 Å². The highest BCUT2D eigenvalue weighted by Gasteiger charge is 2.57. The number of aryl methyl sites for hydroxylation is 1. The van der Waals surface area contributed by atoms with Crippen molar-refractivity contribution in [3.8, 4) is 0 Å². The maximum Gasteiger partial charge on any atom is 0.251 e. The number of fused-ring (bicyclic) bond motifs is 2. The molecule has 126 valence electrons. The van der Waals surface area contributed by atoms with E-state index in [1.165, 1.54) is 19.3 Å². The van der Waals surface area contributed by atoms with E-state index in [1.807, 2.05) is 4.90 Å². The number of benzene rings is 1. The molecule has 4 rings (SSSR count). The van der Waals surface area contributed by atoms with E-state index in [0.717, 1.165) is 38.4 Å². The van der Waals surface area contributed by atoms with Crippen molar-refractivity contribution in [1.29, 1.82) is 0 Å². The van der Waals surface area contributed by atoms with E-state index in [0.29, 0.717) is 11.5 Å². The summed E-state index contributed by atoms with van der Waals surface area (Å²) in [5.74, 6) is 0.769. The van der Waals surface area contributed by atoms with Crippen LogP contribution in [0.25, 0.3) is 0 Å². The van der Waals surface area contributed by atoms with Gasteiger partial charge < -0.3 is 5.32 Å². The summed E-state index contributed by atoms with van der Waals surface area (Å²) >= 11 is 0. The molecule has 0 amide bonds. The molecule has 2 atom stereocenters. The zero-order valence-electron chi connectivity index (χ0n) is 13.6. The predicted octanol–water partition coefficient (Wildman–Crippen LogP) is 3.21. The highest BCUT2D eigenvalue weighted by atomic mass is 19.3. The van der Waals surface area contributed by atoms with Gasteiger partial charge in [-0.2, -0.15) is 0 Å². The Morgan fingerprint density at radius 3 is 2.78 bits per heavy atom. The van der Waals surface area contributed by atoms with Gasteiger partial charge in [0.1, 0.15) is 0 Å². The number of rotatable bonds is 5. The van der Waals surface area contributed by atoms with Crippen LogP contribution in [-0.2, 0) is 11.8 Å². The van der Waals surface area contributed by atoms with Crippen molar-refractivity contribution in [2.45, 2.75) is 50.0 Å². The summed E-state index contributed by atoms with van der Waals surface area (Å²) in [6, 6.07) is 9.45. The first-order valence-corrected chi connectivity index (χ1v) is 9.00. The lowest BCUT2D eigenvalue weighted by Crippen LogP contribution is -2.44. The van der Waals surface area contributed by atoms with E-state index in [4.69, 9.17) is 0 Å². The van der Waals surface area contributed by atoms with E-state index in [2.05, 4.69) is 29.6 Å². The first kappa shape index (κ1) is 15.5. The number of piperidine rings is 1. The molecule has 2 aliphatic carbocycles. The summed E-state index contributed by atoms with van der Waals surface area (Å²) in [6.45, 7) is 2.64. The highest BCUT2D eigenvalue weighted by molar-refractivity contribution is 5.45. The van der Waals surface area contributed by atoms with Gasteiger partial charge >= 0.3 is 0 Å². The lowest BCUT2D eigenvalue weighted by Gasteiger charge is -2.32. The quantitative estimate of drug-likeness (QED) is 0.896. The van der Waals surface area contributed by atoms with Gasteiger partial charge in [-0.05, 0) is 68.8 Å². The SMILES string of the molecule is FC(F)CN1CCC(NC[C@H]2C[C@]23CCc2ccccc23)CC1. The van der Waals surface area contributed by atoms with Crippen LogP contribution >= 0.6 is 0 Å². The minimum Gasteiger partial charge on any atom is -0.314 e. The van der Waals surface area contributed by atoms with Crippen LogP contribution < -0.4 is 5.32 Å². The molecule has 1 N–H and O–H groups in total. The Morgan fingerprint density at radius 1 is 1.22 bits per heavy atom. The van der Waals surface area contributed by atoms with Gasteiger partial charge in [-0.15, -0.1) is 0 Å². The number of nitrogens with one attached hydrogen (secondary N) is 1. The van der Waals surface area contributed by atoms with Crippen LogP contribution in [0.3, 0.4) is 0 Å². The lowest BCUT2D eigenvalue weighted by atomic mass is 9.95. The number of halogens is 2. The molecule has 1 heterocycles. The smallest absolute Gasteiger partial charge is 0.251 e. The van der Waals surface area contributed by atoms with Gasteiger partial charge in [0.25, 0.3) is 6.43 Å². The van der Waals surface area contributed by atoms with E-state index in [-0.39, 0.29) is 6.54 Å². The monoisotopic (exact) mass is 320 g/mol. The van der Waals surface area contributed by atoms with Crippen molar-refractivity contribution in [3.63, 3.8) is 0 Å². The van der Waals surface area contributed by atoms with Crippen LogP contribution in [0.2, 0.25) is 0 Å². The second kappa shape index (κ2) is 6.14. The molecule has 0 bridgehead atoms. The average molecular weight is 320 g/mol. The van der Waals surface area contributed by atoms with Gasteiger partial charge in [0.2, 0.25) is 0 Å². The minimum atomic E-state index is -2.20. The first-order chi connectivity index (χ1) is 11.2. The van der Waals surface area contributed by atoms with Gasteiger partial charge in [-0.3, -0.25) is 4.90 Å². The zero-order valence-corrected chi connectivity index (χ0v) is 13.6. The lowest BCUT2D eigenvalue weighted by molar-refractivity contribution is 0.0730. The summed E-state index contributed by atoms with van der Waals surface area (Å²) in [5, 5.41) is 3.73. The van der Waals surface area contributed by atoms with Gasteiger partial charge in [-0.1, -0.05) is 24.3 Å². The molecule has 1 spiro atoms. The summed E-state index contributed by atoms with van der Waals surface area (Å²) in [5.41, 5.74) is 3.61. The highest BCUT2D eigenvalue weighted by Crippen LogP contribution is 2.61. The number of likely N-dealkylation sites (tertiary alicyclic amines) is 1. The third-order valence-corrected chi connectivity index (χ3v) is 6.26.